The number of aryl methyl sites for hydroxylation is 3. The highest BCUT2D eigenvalue weighted by atomic mass is 127. The molecule has 1 aliphatic carbocycles. The fourth-order valence-electron chi connectivity index (χ4n) is 3.40. The lowest BCUT2D eigenvalue weighted by Crippen LogP contribution is -2.38. The van der Waals surface area contributed by atoms with Gasteiger partial charge in [-0.2, -0.15) is 0 Å². The minimum Gasteiger partial charge on any atom is -0.375 e. The van der Waals surface area contributed by atoms with Crippen molar-refractivity contribution in [1.29, 1.82) is 0 Å². The minimum atomic E-state index is 0. The van der Waals surface area contributed by atoms with E-state index in [1.807, 2.05) is 18.3 Å². The Balaban J connectivity index is 0.00000320. The first kappa shape index (κ1) is 25.5. The van der Waals surface area contributed by atoms with Crippen LogP contribution in [0.25, 0.3) is 0 Å². The molecule has 0 aromatic carbocycles. The molecule has 2 heterocycles. The second kappa shape index (κ2) is 12.9. The van der Waals surface area contributed by atoms with Gasteiger partial charge in [0.1, 0.15) is 11.1 Å². The predicted octanol–water partition coefficient (Wildman–Crippen LogP) is 4.83. The van der Waals surface area contributed by atoms with E-state index >= 15 is 0 Å². The van der Waals surface area contributed by atoms with Crippen LogP contribution in [0.15, 0.2) is 10.4 Å². The lowest BCUT2D eigenvalue weighted by Gasteiger charge is -2.21. The molecule has 0 radical (unpaired) electrons. The number of methoxy groups -OCH3 is 1. The molecule has 0 fully saturated rings. The van der Waals surface area contributed by atoms with Gasteiger partial charge in [-0.25, -0.2) is 9.97 Å². The molecule has 2 aromatic rings. The highest BCUT2D eigenvalue weighted by molar-refractivity contribution is 14.0. The Morgan fingerprint density at radius 3 is 2.87 bits per heavy atom. The smallest absolute Gasteiger partial charge is 0.194 e. The average Bonchev–Trinajstić information content (AvgIpc) is 3.36. The predicted molar refractivity (Wildman–Crippen MR) is 137 cm³/mol. The van der Waals surface area contributed by atoms with Crippen molar-refractivity contribution in [2.45, 2.75) is 65.0 Å². The Kier molecular flexibility index (Phi) is 11.0. The van der Waals surface area contributed by atoms with Crippen molar-refractivity contribution in [2.24, 2.45) is 4.99 Å². The van der Waals surface area contributed by atoms with Crippen molar-refractivity contribution in [3.63, 3.8) is 0 Å². The molecule has 2 aromatic heterocycles. The average molecular weight is 564 g/mol. The number of aliphatic imine (C=N–C) groups is 1. The topological polar surface area (TPSA) is 62.6 Å². The number of thiazole rings is 2. The van der Waals surface area contributed by atoms with E-state index in [2.05, 4.69) is 29.6 Å². The van der Waals surface area contributed by atoms with Crippen molar-refractivity contribution in [3.8, 4) is 0 Å². The summed E-state index contributed by atoms with van der Waals surface area (Å²) in [5.74, 6) is 0.931. The summed E-state index contributed by atoms with van der Waals surface area (Å²) in [5, 5.41) is 7.80. The summed E-state index contributed by atoms with van der Waals surface area (Å²) in [6, 6.07) is 0. The van der Waals surface area contributed by atoms with E-state index in [-0.39, 0.29) is 30.1 Å². The first-order valence-corrected chi connectivity index (χ1v) is 12.2. The van der Waals surface area contributed by atoms with Gasteiger partial charge < -0.3 is 15.0 Å². The van der Waals surface area contributed by atoms with Gasteiger partial charge in [0.15, 0.2) is 5.96 Å². The number of guanidine groups is 1. The molecule has 0 saturated carbocycles. The van der Waals surface area contributed by atoms with Crippen molar-refractivity contribution in [3.05, 3.63) is 31.7 Å². The van der Waals surface area contributed by atoms with Gasteiger partial charge in [-0.05, 0) is 46.0 Å². The third-order valence-electron chi connectivity index (χ3n) is 5.07. The number of rotatable bonds is 9. The number of halogens is 1. The van der Waals surface area contributed by atoms with Gasteiger partial charge in [0.25, 0.3) is 0 Å². The summed E-state index contributed by atoms with van der Waals surface area (Å²) in [6.45, 7) is 6.52. The fourth-order valence-corrected chi connectivity index (χ4v) is 5.44. The van der Waals surface area contributed by atoms with Crippen LogP contribution >= 0.6 is 46.7 Å². The highest BCUT2D eigenvalue weighted by Gasteiger charge is 2.15. The van der Waals surface area contributed by atoms with Gasteiger partial charge in [-0.1, -0.05) is 0 Å². The molecule has 168 valence electrons. The molecule has 30 heavy (non-hydrogen) atoms. The molecule has 1 atom stereocenters. The van der Waals surface area contributed by atoms with Gasteiger partial charge in [0.2, 0.25) is 0 Å². The summed E-state index contributed by atoms with van der Waals surface area (Å²) in [4.78, 5) is 18.0. The summed E-state index contributed by atoms with van der Waals surface area (Å²) < 4.78 is 5.36. The third-order valence-corrected chi connectivity index (χ3v) is 7.34. The number of aromatic nitrogens is 2. The second-order valence-electron chi connectivity index (χ2n) is 7.43. The Morgan fingerprint density at radius 2 is 2.13 bits per heavy atom. The second-order valence-corrected chi connectivity index (χ2v) is 9.49. The van der Waals surface area contributed by atoms with Gasteiger partial charge in [-0.15, -0.1) is 46.7 Å². The first-order valence-electron chi connectivity index (χ1n) is 10.5. The van der Waals surface area contributed by atoms with Crippen LogP contribution in [0.5, 0.6) is 0 Å². The van der Waals surface area contributed by atoms with Crippen molar-refractivity contribution >= 4 is 52.6 Å². The van der Waals surface area contributed by atoms with Gasteiger partial charge in [0, 0.05) is 43.9 Å². The van der Waals surface area contributed by atoms with Crippen LogP contribution in [0.4, 0.5) is 0 Å². The largest absolute Gasteiger partial charge is 0.375 e. The minimum absolute atomic E-state index is 0. The van der Waals surface area contributed by atoms with Crippen LogP contribution in [-0.4, -0.2) is 48.1 Å². The fraction of sp³-hybridized carbons (Fsp3) is 0.667. The molecule has 1 unspecified atom stereocenters. The number of nitrogens with zero attached hydrogens (tertiary/aromatic N) is 4. The number of ether oxygens (including phenoxy) is 1. The summed E-state index contributed by atoms with van der Waals surface area (Å²) >= 11 is 3.57. The Bertz CT molecular complexity index is 784. The normalized spacial score (nSPS) is 14.7. The van der Waals surface area contributed by atoms with E-state index in [0.717, 1.165) is 49.1 Å². The maximum absolute atomic E-state index is 5.36. The maximum atomic E-state index is 5.36. The van der Waals surface area contributed by atoms with Crippen LogP contribution in [-0.2, 0) is 30.5 Å². The Morgan fingerprint density at radius 1 is 1.33 bits per heavy atom. The molecule has 3 rings (SSSR count). The molecule has 1 N–H and O–H groups in total. The quantitative estimate of drug-likeness (QED) is 0.205. The number of nitrogens with one attached hydrogen (secondary N) is 1. The highest BCUT2D eigenvalue weighted by Crippen LogP contribution is 2.27. The van der Waals surface area contributed by atoms with Crippen LogP contribution in [0.3, 0.4) is 0 Å². The zero-order valence-electron chi connectivity index (χ0n) is 18.4. The van der Waals surface area contributed by atoms with E-state index in [0.29, 0.717) is 0 Å². The van der Waals surface area contributed by atoms with Gasteiger partial charge in [-0.3, -0.25) is 4.99 Å². The Labute approximate surface area is 205 Å². The lowest BCUT2D eigenvalue weighted by molar-refractivity contribution is 0.119. The van der Waals surface area contributed by atoms with Crippen molar-refractivity contribution in [1.82, 2.24) is 20.2 Å². The SMILES string of the molecule is CCNC(=NCCCc1nc2c(s1)CCCC2)N(C)Cc1csc(C(C)OC)n1.I. The molecule has 9 heteroatoms. The Hall–Kier alpha value is -0.780. The molecule has 0 spiro atoms. The van der Waals surface area contributed by atoms with Crippen LogP contribution < -0.4 is 5.32 Å². The summed E-state index contributed by atoms with van der Waals surface area (Å²) in [6.07, 6.45) is 7.10. The summed E-state index contributed by atoms with van der Waals surface area (Å²) in [7, 11) is 3.78. The van der Waals surface area contributed by atoms with E-state index in [4.69, 9.17) is 19.7 Å². The van der Waals surface area contributed by atoms with E-state index in [1.54, 1.807) is 18.4 Å². The molecular weight excluding hydrogens is 529 g/mol. The lowest BCUT2D eigenvalue weighted by atomic mass is 10.0. The number of hydrogen-bond acceptors (Lipinski definition) is 6. The molecular formula is C21H34IN5OS2. The van der Waals surface area contributed by atoms with Crippen molar-refractivity contribution < 1.29 is 4.74 Å². The molecule has 0 aliphatic heterocycles. The maximum Gasteiger partial charge on any atom is 0.194 e. The van der Waals surface area contributed by atoms with Crippen LogP contribution in [0, 0.1) is 0 Å². The number of hydrogen-bond donors (Lipinski definition) is 1. The van der Waals surface area contributed by atoms with E-state index < -0.39 is 0 Å². The standard InChI is InChI=1S/C21H33N5OS2.HI/c1-5-22-21(26(3)13-16-14-28-20(24-16)15(2)27-4)23-12-8-11-19-25-17-9-6-7-10-18(17)29-19;/h14-15H,5-13H2,1-4H3,(H,22,23);1H. The molecule has 0 saturated heterocycles. The zero-order chi connectivity index (χ0) is 20.6. The molecule has 0 amide bonds. The summed E-state index contributed by atoms with van der Waals surface area (Å²) in [5.41, 5.74) is 2.41. The first-order chi connectivity index (χ1) is 14.1. The molecule has 1 aliphatic rings. The molecule has 0 bridgehead atoms. The number of fused-ring (bicyclic) bond motifs is 1. The van der Waals surface area contributed by atoms with E-state index in [9.17, 15) is 0 Å². The van der Waals surface area contributed by atoms with Crippen LogP contribution in [0.1, 0.15) is 65.5 Å². The molecule has 6 nitrogen and oxygen atoms in total. The van der Waals surface area contributed by atoms with Gasteiger partial charge in [0.05, 0.1) is 22.9 Å². The van der Waals surface area contributed by atoms with Crippen molar-refractivity contribution in [2.75, 3.05) is 27.2 Å². The monoisotopic (exact) mass is 563 g/mol. The van der Waals surface area contributed by atoms with Gasteiger partial charge >= 0.3 is 0 Å². The zero-order valence-corrected chi connectivity index (χ0v) is 22.4. The third kappa shape index (κ3) is 7.13. The van der Waals surface area contributed by atoms with Crippen LogP contribution in [0.2, 0.25) is 0 Å². The van der Waals surface area contributed by atoms with E-state index in [1.165, 1.54) is 41.3 Å².